The third-order valence-electron chi connectivity index (χ3n) is 3.30. The van der Waals surface area contributed by atoms with Crippen LogP contribution in [0.1, 0.15) is 26.3 Å². The highest BCUT2D eigenvalue weighted by molar-refractivity contribution is 7.98. The third kappa shape index (κ3) is 7.37. The van der Waals surface area contributed by atoms with E-state index in [0.717, 1.165) is 5.56 Å². The highest BCUT2D eigenvalue weighted by atomic mass is 35.6. The quantitative estimate of drug-likeness (QED) is 0.291. The lowest BCUT2D eigenvalue weighted by atomic mass is 9.96. The van der Waals surface area contributed by atoms with Gasteiger partial charge in [-0.2, -0.15) is 4.98 Å². The number of hydrogen-bond donors (Lipinski definition) is 1. The molecule has 0 saturated heterocycles. The Morgan fingerprint density at radius 1 is 1.19 bits per heavy atom. The molecular weight excluding hydrogens is 429 g/mol. The Balaban J connectivity index is 2.08. The number of carbonyl (C=O) groups excluding carboxylic acids is 1. The Bertz CT molecular complexity index is 764. The maximum Gasteiger partial charge on any atom is 0.246 e. The molecule has 0 saturated carbocycles. The number of aromatic nitrogens is 2. The normalized spacial score (nSPS) is 13.1. The molecule has 1 amide bonds. The highest BCUT2D eigenvalue weighted by Gasteiger charge is 2.38. The fourth-order valence-electron chi connectivity index (χ4n) is 1.82. The molecule has 0 aliphatic carbocycles. The molecular formula is C18H20Cl3N3O2S. The smallest absolute Gasteiger partial charge is 0.246 e. The summed E-state index contributed by atoms with van der Waals surface area (Å²) in [6, 6.07) is 11.5. The fourth-order valence-corrected chi connectivity index (χ4v) is 2.89. The molecule has 146 valence electrons. The van der Waals surface area contributed by atoms with Gasteiger partial charge >= 0.3 is 0 Å². The SMILES string of the molecule is CC(C)(C)C(=O)NC(Oc1ccnc(SCc2ccccc2)n1)C(Cl)(Cl)Cl. The molecule has 1 heterocycles. The van der Waals surface area contributed by atoms with Gasteiger partial charge in [0.25, 0.3) is 0 Å². The Morgan fingerprint density at radius 3 is 2.44 bits per heavy atom. The summed E-state index contributed by atoms with van der Waals surface area (Å²) in [6.45, 7) is 5.25. The first-order valence-electron chi connectivity index (χ1n) is 8.10. The molecule has 2 rings (SSSR count). The summed E-state index contributed by atoms with van der Waals surface area (Å²) in [5, 5.41) is 3.11. The van der Waals surface area contributed by atoms with Crippen molar-refractivity contribution in [2.45, 2.75) is 41.7 Å². The van der Waals surface area contributed by atoms with Crippen LogP contribution in [-0.2, 0) is 10.5 Å². The Kier molecular flexibility index (Phi) is 7.63. The van der Waals surface area contributed by atoms with Crippen LogP contribution in [0, 0.1) is 5.41 Å². The van der Waals surface area contributed by atoms with Crippen LogP contribution in [0.4, 0.5) is 0 Å². The topological polar surface area (TPSA) is 64.1 Å². The van der Waals surface area contributed by atoms with E-state index in [-0.39, 0.29) is 11.8 Å². The van der Waals surface area contributed by atoms with Crippen molar-refractivity contribution in [3.05, 3.63) is 48.2 Å². The van der Waals surface area contributed by atoms with Gasteiger partial charge in [0.05, 0.1) is 0 Å². The zero-order chi connectivity index (χ0) is 20.1. The molecule has 1 aromatic heterocycles. The lowest BCUT2D eigenvalue weighted by Gasteiger charge is -2.28. The van der Waals surface area contributed by atoms with Crippen LogP contribution in [0.25, 0.3) is 0 Å². The largest absolute Gasteiger partial charge is 0.449 e. The number of nitrogens with zero attached hydrogens (tertiary/aromatic N) is 2. The van der Waals surface area contributed by atoms with Crippen LogP contribution in [0.5, 0.6) is 5.88 Å². The van der Waals surface area contributed by atoms with Crippen molar-refractivity contribution >= 4 is 52.5 Å². The van der Waals surface area contributed by atoms with Gasteiger partial charge in [-0.1, -0.05) is 97.7 Å². The minimum atomic E-state index is -1.87. The Hall–Kier alpha value is -1.21. The van der Waals surface area contributed by atoms with Crippen molar-refractivity contribution in [3.8, 4) is 5.88 Å². The second kappa shape index (κ2) is 9.32. The molecule has 1 atom stereocenters. The summed E-state index contributed by atoms with van der Waals surface area (Å²) >= 11 is 19.4. The second-order valence-corrected chi connectivity index (χ2v) is 10.0. The molecule has 1 aromatic carbocycles. The monoisotopic (exact) mass is 447 g/mol. The van der Waals surface area contributed by atoms with Gasteiger partial charge in [0, 0.05) is 23.4 Å². The first kappa shape index (κ1) is 22.1. The van der Waals surface area contributed by atoms with E-state index in [0.29, 0.717) is 10.9 Å². The van der Waals surface area contributed by atoms with Crippen molar-refractivity contribution < 1.29 is 9.53 Å². The average Bonchev–Trinajstić information content (AvgIpc) is 2.59. The number of hydrogen-bond acceptors (Lipinski definition) is 5. The maximum absolute atomic E-state index is 12.2. The minimum absolute atomic E-state index is 0.200. The van der Waals surface area contributed by atoms with Crippen LogP contribution in [0.2, 0.25) is 0 Å². The number of thioether (sulfide) groups is 1. The van der Waals surface area contributed by atoms with Crippen molar-refractivity contribution in [1.29, 1.82) is 0 Å². The Labute approximate surface area is 178 Å². The number of benzene rings is 1. The summed E-state index contributed by atoms with van der Waals surface area (Å²) in [5.41, 5.74) is 0.480. The van der Waals surface area contributed by atoms with E-state index in [4.69, 9.17) is 39.5 Å². The molecule has 0 bridgehead atoms. The molecule has 1 N–H and O–H groups in total. The minimum Gasteiger partial charge on any atom is -0.449 e. The number of carbonyl (C=O) groups is 1. The van der Waals surface area contributed by atoms with E-state index < -0.39 is 15.4 Å². The van der Waals surface area contributed by atoms with Crippen LogP contribution in [-0.4, -0.2) is 25.9 Å². The molecule has 0 spiro atoms. The highest BCUT2D eigenvalue weighted by Crippen LogP contribution is 2.32. The molecule has 1 unspecified atom stereocenters. The lowest BCUT2D eigenvalue weighted by molar-refractivity contribution is -0.131. The van der Waals surface area contributed by atoms with Crippen LogP contribution < -0.4 is 10.1 Å². The van der Waals surface area contributed by atoms with E-state index in [1.807, 2.05) is 30.3 Å². The zero-order valence-electron chi connectivity index (χ0n) is 15.1. The van der Waals surface area contributed by atoms with E-state index in [2.05, 4.69) is 15.3 Å². The van der Waals surface area contributed by atoms with E-state index in [1.165, 1.54) is 11.8 Å². The predicted octanol–water partition coefficient (Wildman–Crippen LogP) is 5.01. The van der Waals surface area contributed by atoms with E-state index in [1.54, 1.807) is 33.0 Å². The summed E-state index contributed by atoms with van der Waals surface area (Å²) < 4.78 is 3.77. The van der Waals surface area contributed by atoms with Gasteiger partial charge in [0.1, 0.15) is 0 Å². The van der Waals surface area contributed by atoms with E-state index in [9.17, 15) is 4.79 Å². The number of halogens is 3. The molecule has 0 fully saturated rings. The van der Waals surface area contributed by atoms with Crippen LogP contribution >= 0.6 is 46.6 Å². The van der Waals surface area contributed by atoms with Crippen LogP contribution in [0.3, 0.4) is 0 Å². The third-order valence-corrected chi connectivity index (χ3v) is 4.83. The molecule has 0 aliphatic heterocycles. The lowest BCUT2D eigenvalue weighted by Crippen LogP contribution is -2.51. The number of amides is 1. The van der Waals surface area contributed by atoms with Gasteiger partial charge in [-0.3, -0.25) is 4.79 Å². The van der Waals surface area contributed by atoms with Gasteiger partial charge in [-0.05, 0) is 5.56 Å². The first-order valence-corrected chi connectivity index (χ1v) is 10.2. The molecule has 0 aliphatic rings. The van der Waals surface area contributed by atoms with Crippen LogP contribution in [0.15, 0.2) is 47.8 Å². The van der Waals surface area contributed by atoms with Crippen molar-refractivity contribution in [2.75, 3.05) is 0 Å². The van der Waals surface area contributed by atoms with Crippen molar-refractivity contribution in [1.82, 2.24) is 15.3 Å². The van der Waals surface area contributed by atoms with Gasteiger partial charge in [-0.25, -0.2) is 4.98 Å². The number of ether oxygens (including phenoxy) is 1. The molecule has 2 aromatic rings. The fraction of sp³-hybridized carbons (Fsp3) is 0.389. The maximum atomic E-state index is 12.2. The summed E-state index contributed by atoms with van der Waals surface area (Å²) in [4.78, 5) is 20.8. The molecule has 5 nitrogen and oxygen atoms in total. The molecule has 27 heavy (non-hydrogen) atoms. The summed E-state index contributed by atoms with van der Waals surface area (Å²) in [6.07, 6.45) is 0.354. The first-order chi connectivity index (χ1) is 12.6. The van der Waals surface area contributed by atoms with Gasteiger partial charge in [-0.15, -0.1) is 0 Å². The summed E-state index contributed by atoms with van der Waals surface area (Å²) in [5.74, 6) is 0.594. The summed E-state index contributed by atoms with van der Waals surface area (Å²) in [7, 11) is 0. The Morgan fingerprint density at radius 2 is 1.85 bits per heavy atom. The predicted molar refractivity (Wildman–Crippen MR) is 110 cm³/mol. The second-order valence-electron chi connectivity index (χ2n) is 6.71. The zero-order valence-corrected chi connectivity index (χ0v) is 18.2. The van der Waals surface area contributed by atoms with Gasteiger partial charge in [0.2, 0.25) is 21.8 Å². The molecule has 9 heteroatoms. The number of alkyl halides is 3. The molecule has 0 radical (unpaired) electrons. The number of rotatable bonds is 6. The van der Waals surface area contributed by atoms with Crippen molar-refractivity contribution in [2.24, 2.45) is 5.41 Å². The standard InChI is InChI=1S/C18H20Cl3N3O2S/c1-17(2,3)14(25)24-15(18(19,20)21)26-13-9-10-22-16(23-13)27-11-12-7-5-4-6-8-12/h4-10,15H,11H2,1-3H3,(H,24,25). The van der Waals surface area contributed by atoms with E-state index >= 15 is 0 Å². The van der Waals surface area contributed by atoms with Gasteiger partial charge in [0.15, 0.2) is 5.16 Å². The van der Waals surface area contributed by atoms with Crippen molar-refractivity contribution in [3.63, 3.8) is 0 Å². The van der Waals surface area contributed by atoms with Gasteiger partial charge < -0.3 is 10.1 Å². The number of nitrogens with one attached hydrogen (secondary N) is 1. The average molecular weight is 449 g/mol.